The van der Waals surface area contributed by atoms with Crippen LogP contribution in [0.2, 0.25) is 0 Å². The van der Waals surface area contributed by atoms with Crippen molar-refractivity contribution in [2.45, 2.75) is 13.0 Å². The molecule has 1 N–H and O–H groups in total. The molecule has 0 spiro atoms. The number of rotatable bonds is 7. The highest BCUT2D eigenvalue weighted by Gasteiger charge is 2.12. The normalized spacial score (nSPS) is 10.7. The number of hydrogen-bond donors (Lipinski definition) is 1. The largest absolute Gasteiger partial charge is 0.487 e. The third-order valence-electron chi connectivity index (χ3n) is 4.19. The topological polar surface area (TPSA) is 73.1 Å². The van der Waals surface area contributed by atoms with Crippen molar-refractivity contribution in [1.29, 1.82) is 0 Å². The lowest BCUT2D eigenvalue weighted by molar-refractivity contribution is 0.299. The monoisotopic (exact) mass is 502 g/mol. The molecule has 6 nitrogen and oxygen atoms in total. The Balaban J connectivity index is 1.40. The number of anilines is 1. The van der Waals surface area contributed by atoms with Gasteiger partial charge in [0.1, 0.15) is 18.2 Å². The van der Waals surface area contributed by atoms with E-state index in [9.17, 15) is 4.39 Å². The van der Waals surface area contributed by atoms with Gasteiger partial charge in [-0.25, -0.2) is 9.97 Å². The van der Waals surface area contributed by atoms with E-state index in [2.05, 4.69) is 18.7 Å². The van der Waals surface area contributed by atoms with Gasteiger partial charge >= 0.3 is 0 Å². The average Bonchev–Trinajstić information content (AvgIpc) is 3.21. The van der Waals surface area contributed by atoms with Crippen molar-refractivity contribution >= 4 is 28.7 Å². The van der Waals surface area contributed by atoms with Crippen molar-refractivity contribution in [1.82, 2.24) is 15.1 Å². The van der Waals surface area contributed by atoms with Gasteiger partial charge in [-0.2, -0.15) is 4.39 Å². The second-order valence-corrected chi connectivity index (χ2v) is 6.78. The number of halogens is 2. The van der Waals surface area contributed by atoms with Crippen LogP contribution in [0.1, 0.15) is 17.0 Å². The van der Waals surface area contributed by atoms with Gasteiger partial charge in [-0.15, -0.1) is 0 Å². The summed E-state index contributed by atoms with van der Waals surface area (Å²) in [5.41, 5.74) is 3.29. The van der Waals surface area contributed by atoms with Gasteiger partial charge in [-0.1, -0.05) is 23.4 Å². The lowest BCUT2D eigenvalue weighted by atomic mass is 10.1. The van der Waals surface area contributed by atoms with Crippen molar-refractivity contribution in [2.24, 2.45) is 0 Å². The fraction of sp³-hybridized carbons (Fsp3) is 0.0952. The van der Waals surface area contributed by atoms with Crippen LogP contribution in [0.15, 0.2) is 71.4 Å². The highest BCUT2D eigenvalue weighted by Crippen LogP contribution is 2.28. The second kappa shape index (κ2) is 8.99. The number of nitrogens with one attached hydrogen (secondary N) is 1. The molecule has 4 rings (SSSR count). The lowest BCUT2D eigenvalue weighted by Crippen LogP contribution is -1.99. The quantitative estimate of drug-likeness (QED) is 0.213. The molecule has 0 bridgehead atoms. The van der Waals surface area contributed by atoms with Crippen molar-refractivity contribution in [3.63, 3.8) is 0 Å². The zero-order valence-electron chi connectivity index (χ0n) is 15.2. The van der Waals surface area contributed by atoms with E-state index < -0.39 is 5.95 Å². The number of benzene rings is 1. The van der Waals surface area contributed by atoms with E-state index in [1.807, 2.05) is 65.3 Å². The average molecular weight is 502 g/mol. The van der Waals surface area contributed by atoms with Crippen LogP contribution >= 0.6 is 22.9 Å². The summed E-state index contributed by atoms with van der Waals surface area (Å²) < 4.78 is 27.3. The van der Waals surface area contributed by atoms with Crippen LogP contribution in [0.3, 0.4) is 0 Å². The summed E-state index contributed by atoms with van der Waals surface area (Å²) >= 11 is 2.04. The summed E-state index contributed by atoms with van der Waals surface area (Å²) in [6.07, 6.45) is 2.35. The zero-order chi connectivity index (χ0) is 20.1. The van der Waals surface area contributed by atoms with Crippen LogP contribution in [0.25, 0.3) is 11.3 Å². The van der Waals surface area contributed by atoms with Gasteiger partial charge in [0, 0.05) is 18.7 Å². The van der Waals surface area contributed by atoms with E-state index >= 15 is 0 Å². The standard InChI is InChI=1S/C21H16FIN4O2/c22-20-5-1-3-15(25-20)13-28-17-8-6-14(7-9-17)11-16-12-19(29-27-16)18-4-2-10-24-21(18)26-23/h1-10,12H,11,13H2,(H,24,26). The van der Waals surface area contributed by atoms with Gasteiger partial charge in [0.05, 0.1) is 39.8 Å². The fourth-order valence-corrected chi connectivity index (χ4v) is 3.23. The Morgan fingerprint density at radius 1 is 1.03 bits per heavy atom. The Labute approximate surface area is 180 Å². The molecule has 0 saturated heterocycles. The lowest BCUT2D eigenvalue weighted by Gasteiger charge is -2.06. The Morgan fingerprint density at radius 3 is 2.69 bits per heavy atom. The molecule has 0 aliphatic carbocycles. The zero-order valence-corrected chi connectivity index (χ0v) is 17.3. The molecule has 0 unspecified atom stereocenters. The van der Waals surface area contributed by atoms with Crippen LogP contribution in [0.4, 0.5) is 10.2 Å². The van der Waals surface area contributed by atoms with Crippen molar-refractivity contribution < 1.29 is 13.7 Å². The number of nitrogens with zero attached hydrogens (tertiary/aromatic N) is 3. The first-order chi connectivity index (χ1) is 14.2. The molecule has 146 valence electrons. The molecule has 29 heavy (non-hydrogen) atoms. The van der Waals surface area contributed by atoms with Crippen LogP contribution < -0.4 is 8.27 Å². The van der Waals surface area contributed by atoms with E-state index in [-0.39, 0.29) is 6.61 Å². The van der Waals surface area contributed by atoms with Crippen molar-refractivity contribution in [3.05, 3.63) is 89.8 Å². The van der Waals surface area contributed by atoms with Gasteiger partial charge in [0.25, 0.3) is 0 Å². The van der Waals surface area contributed by atoms with Crippen LogP contribution in [0, 0.1) is 5.95 Å². The summed E-state index contributed by atoms with van der Waals surface area (Å²) in [5.74, 6) is 1.56. The maximum absolute atomic E-state index is 13.1. The van der Waals surface area contributed by atoms with Gasteiger partial charge in [-0.3, -0.25) is 0 Å². The smallest absolute Gasteiger partial charge is 0.213 e. The molecule has 0 fully saturated rings. The summed E-state index contributed by atoms with van der Waals surface area (Å²) in [5, 5.41) is 4.16. The third kappa shape index (κ3) is 4.89. The highest BCUT2D eigenvalue weighted by atomic mass is 127. The van der Waals surface area contributed by atoms with E-state index in [0.29, 0.717) is 23.6 Å². The Hall–Kier alpha value is -3.01. The molecule has 0 amide bonds. The minimum Gasteiger partial charge on any atom is -0.487 e. The van der Waals surface area contributed by atoms with Gasteiger partial charge in [0.2, 0.25) is 5.95 Å². The predicted molar refractivity (Wildman–Crippen MR) is 115 cm³/mol. The maximum atomic E-state index is 13.1. The highest BCUT2D eigenvalue weighted by molar-refractivity contribution is 14.1. The molecule has 3 heterocycles. The van der Waals surface area contributed by atoms with E-state index in [0.717, 1.165) is 22.6 Å². The molecule has 4 aromatic rings. The van der Waals surface area contributed by atoms with Gasteiger partial charge < -0.3 is 12.8 Å². The first-order valence-corrected chi connectivity index (χ1v) is 9.90. The second-order valence-electron chi connectivity index (χ2n) is 6.24. The molecule has 0 atom stereocenters. The fourth-order valence-electron chi connectivity index (χ4n) is 2.80. The first kappa shape index (κ1) is 19.3. The summed E-state index contributed by atoms with van der Waals surface area (Å²) in [6.45, 7) is 0.210. The third-order valence-corrected chi connectivity index (χ3v) is 4.70. The molecule has 3 aromatic heterocycles. The molecule has 1 aromatic carbocycles. The Kier molecular flexibility index (Phi) is 5.99. The summed E-state index contributed by atoms with van der Waals surface area (Å²) in [7, 11) is 0. The minimum atomic E-state index is -0.513. The van der Waals surface area contributed by atoms with Crippen molar-refractivity contribution in [2.75, 3.05) is 3.53 Å². The summed E-state index contributed by atoms with van der Waals surface area (Å²) in [6, 6.07) is 18.0. The van der Waals surface area contributed by atoms with E-state index in [1.165, 1.54) is 6.07 Å². The minimum absolute atomic E-state index is 0.210. The molecular formula is C21H16FIN4O2. The molecule has 0 aliphatic rings. The molecular weight excluding hydrogens is 486 g/mol. The number of hydrogen-bond acceptors (Lipinski definition) is 6. The maximum Gasteiger partial charge on any atom is 0.213 e. The SMILES string of the molecule is Fc1cccc(COc2ccc(Cc3cc(-c4cccnc4NI)on3)cc2)n1. The first-order valence-electron chi connectivity index (χ1n) is 8.82. The van der Waals surface area contributed by atoms with Gasteiger partial charge in [0.15, 0.2) is 5.76 Å². The van der Waals surface area contributed by atoms with Crippen LogP contribution in [-0.2, 0) is 13.0 Å². The van der Waals surface area contributed by atoms with Gasteiger partial charge in [-0.05, 0) is 42.0 Å². The molecule has 0 radical (unpaired) electrons. The summed E-state index contributed by atoms with van der Waals surface area (Å²) in [4.78, 5) is 8.06. The molecule has 0 saturated carbocycles. The van der Waals surface area contributed by atoms with E-state index in [1.54, 1.807) is 18.3 Å². The number of ether oxygens (including phenoxy) is 1. The van der Waals surface area contributed by atoms with Crippen LogP contribution in [0.5, 0.6) is 5.75 Å². The molecule has 0 aliphatic heterocycles. The molecule has 8 heteroatoms. The van der Waals surface area contributed by atoms with Crippen LogP contribution in [-0.4, -0.2) is 15.1 Å². The van der Waals surface area contributed by atoms with E-state index in [4.69, 9.17) is 9.26 Å². The number of aromatic nitrogens is 3. The Morgan fingerprint density at radius 2 is 1.90 bits per heavy atom. The number of pyridine rings is 2. The predicted octanol–water partition coefficient (Wildman–Crippen LogP) is 5.20. The Bertz CT molecular complexity index is 1100. The van der Waals surface area contributed by atoms with Crippen molar-refractivity contribution in [3.8, 4) is 17.1 Å².